The van der Waals surface area contributed by atoms with Gasteiger partial charge in [-0.15, -0.1) is 0 Å². The van der Waals surface area contributed by atoms with Gasteiger partial charge in [0.25, 0.3) is 11.8 Å². The number of rotatable bonds is 13. The summed E-state index contributed by atoms with van der Waals surface area (Å²) in [6, 6.07) is 8.76. The number of aliphatic hydroxyl groups is 1. The SMILES string of the molecule is NC(=O)[C@H](NC(=O)[C@@H](Cc1ccc(O)c([N+](=O)[O-])c1)NC(=O)C1O[C@@H]1C(=O)NCCCO)C1Cc2ccccc2C1. The molecule has 2 aromatic rings. The quantitative estimate of drug-likeness (QED) is 0.0750. The maximum Gasteiger partial charge on any atom is 0.310 e. The minimum atomic E-state index is -1.33. The molecule has 218 valence electrons. The Labute approximate surface area is 234 Å². The number of nitro groups is 1. The van der Waals surface area contributed by atoms with E-state index in [-0.39, 0.29) is 31.1 Å². The van der Waals surface area contributed by atoms with Crippen molar-refractivity contribution >= 4 is 29.3 Å². The molecule has 0 radical (unpaired) electrons. The summed E-state index contributed by atoms with van der Waals surface area (Å²) in [6.07, 6.45) is -1.16. The average Bonchev–Trinajstić information content (AvgIpc) is 3.63. The van der Waals surface area contributed by atoms with Gasteiger partial charge < -0.3 is 36.6 Å². The van der Waals surface area contributed by atoms with Crippen molar-refractivity contribution in [2.45, 2.75) is 50.0 Å². The number of amides is 4. The monoisotopic (exact) mass is 569 g/mol. The zero-order valence-corrected chi connectivity index (χ0v) is 21.9. The van der Waals surface area contributed by atoms with Crippen LogP contribution in [0.25, 0.3) is 0 Å². The number of nitro benzene ring substituents is 1. The lowest BCUT2D eigenvalue weighted by atomic mass is 9.95. The number of nitrogens with one attached hydrogen (secondary N) is 3. The molecule has 41 heavy (non-hydrogen) atoms. The minimum absolute atomic E-state index is 0.124. The van der Waals surface area contributed by atoms with Crippen LogP contribution in [-0.4, -0.2) is 76.2 Å². The Morgan fingerprint density at radius 1 is 1.05 bits per heavy atom. The number of phenolic OH excluding ortho intramolecular Hbond substituents is 1. The number of aromatic hydroxyl groups is 1. The number of ether oxygens (including phenoxy) is 1. The number of carbonyl (C=O) groups is 4. The molecular weight excluding hydrogens is 538 g/mol. The van der Waals surface area contributed by atoms with E-state index in [9.17, 15) is 34.4 Å². The molecule has 2 aromatic carbocycles. The second-order valence-corrected chi connectivity index (χ2v) is 10.0. The molecule has 0 spiro atoms. The molecule has 1 unspecified atom stereocenters. The summed E-state index contributed by atoms with van der Waals surface area (Å²) in [5, 5.41) is 37.6. The Hall–Kier alpha value is -4.56. The van der Waals surface area contributed by atoms with Gasteiger partial charge in [0.15, 0.2) is 18.0 Å². The van der Waals surface area contributed by atoms with Gasteiger partial charge in [0.1, 0.15) is 12.1 Å². The first-order valence-electron chi connectivity index (χ1n) is 13.1. The molecule has 1 fully saturated rings. The lowest BCUT2D eigenvalue weighted by molar-refractivity contribution is -0.385. The molecule has 1 heterocycles. The predicted octanol–water partition coefficient (Wildman–Crippen LogP) is -1.02. The molecule has 0 aromatic heterocycles. The van der Waals surface area contributed by atoms with E-state index in [2.05, 4.69) is 16.0 Å². The highest BCUT2D eigenvalue weighted by Gasteiger charge is 2.51. The summed E-state index contributed by atoms with van der Waals surface area (Å²) in [6.45, 7) is 0.0644. The summed E-state index contributed by atoms with van der Waals surface area (Å²) in [4.78, 5) is 61.5. The third-order valence-corrected chi connectivity index (χ3v) is 7.11. The molecule has 1 aliphatic carbocycles. The third kappa shape index (κ3) is 7.15. The van der Waals surface area contributed by atoms with Gasteiger partial charge >= 0.3 is 5.69 Å². The van der Waals surface area contributed by atoms with Gasteiger partial charge in [0.05, 0.1) is 4.92 Å². The van der Waals surface area contributed by atoms with E-state index in [0.717, 1.165) is 23.3 Å². The van der Waals surface area contributed by atoms with Crippen LogP contribution in [-0.2, 0) is 43.2 Å². The molecule has 4 amide bonds. The molecule has 14 heteroatoms. The van der Waals surface area contributed by atoms with Crippen LogP contribution in [0.3, 0.4) is 0 Å². The number of epoxide rings is 1. The fraction of sp³-hybridized carbons (Fsp3) is 0.407. The van der Waals surface area contributed by atoms with Crippen LogP contribution in [0.5, 0.6) is 5.75 Å². The van der Waals surface area contributed by atoms with Crippen molar-refractivity contribution in [1.29, 1.82) is 0 Å². The lowest BCUT2D eigenvalue weighted by Crippen LogP contribution is -2.56. The normalized spacial score (nSPS) is 19.0. The summed E-state index contributed by atoms with van der Waals surface area (Å²) >= 11 is 0. The van der Waals surface area contributed by atoms with Crippen molar-refractivity contribution in [3.05, 3.63) is 69.3 Å². The second-order valence-electron chi connectivity index (χ2n) is 10.0. The highest BCUT2D eigenvalue weighted by atomic mass is 16.6. The predicted molar refractivity (Wildman–Crippen MR) is 142 cm³/mol. The number of nitrogens with zero attached hydrogens (tertiary/aromatic N) is 1. The van der Waals surface area contributed by atoms with Crippen molar-refractivity contribution in [3.63, 3.8) is 0 Å². The van der Waals surface area contributed by atoms with Crippen LogP contribution in [0.2, 0.25) is 0 Å². The van der Waals surface area contributed by atoms with Crippen molar-refractivity contribution in [2.24, 2.45) is 11.7 Å². The molecule has 1 saturated heterocycles. The first-order chi connectivity index (χ1) is 19.6. The second kappa shape index (κ2) is 12.7. The summed E-state index contributed by atoms with van der Waals surface area (Å²) in [7, 11) is 0. The maximum atomic E-state index is 13.5. The molecule has 0 saturated carbocycles. The first-order valence-corrected chi connectivity index (χ1v) is 13.1. The maximum absolute atomic E-state index is 13.5. The topological polar surface area (TPSA) is 227 Å². The zero-order valence-electron chi connectivity index (χ0n) is 21.9. The number of hydrogen-bond donors (Lipinski definition) is 6. The Morgan fingerprint density at radius 2 is 1.71 bits per heavy atom. The van der Waals surface area contributed by atoms with E-state index in [0.29, 0.717) is 19.3 Å². The highest BCUT2D eigenvalue weighted by Crippen LogP contribution is 2.30. The molecule has 2 aliphatic rings. The molecule has 0 bridgehead atoms. The molecule has 4 atom stereocenters. The average molecular weight is 570 g/mol. The number of aliphatic hydroxyl groups excluding tert-OH is 1. The smallest absolute Gasteiger partial charge is 0.310 e. The Bertz CT molecular complexity index is 1330. The van der Waals surface area contributed by atoms with Crippen molar-refractivity contribution < 1.29 is 39.1 Å². The number of phenols is 1. The van der Waals surface area contributed by atoms with E-state index in [1.165, 1.54) is 6.07 Å². The van der Waals surface area contributed by atoms with E-state index in [4.69, 9.17) is 15.6 Å². The van der Waals surface area contributed by atoms with Crippen LogP contribution >= 0.6 is 0 Å². The number of fused-ring (bicyclic) bond motifs is 1. The van der Waals surface area contributed by atoms with Gasteiger partial charge in [0, 0.05) is 25.6 Å². The largest absolute Gasteiger partial charge is 0.502 e. The van der Waals surface area contributed by atoms with Gasteiger partial charge in [-0.1, -0.05) is 30.3 Å². The van der Waals surface area contributed by atoms with Crippen molar-refractivity contribution in [1.82, 2.24) is 16.0 Å². The molecule has 14 nitrogen and oxygen atoms in total. The number of primary amides is 1. The number of nitrogens with two attached hydrogens (primary N) is 1. The summed E-state index contributed by atoms with van der Waals surface area (Å²) in [5.74, 6) is -3.74. The minimum Gasteiger partial charge on any atom is -0.502 e. The van der Waals surface area contributed by atoms with Gasteiger partial charge in [-0.3, -0.25) is 29.3 Å². The number of hydrogen-bond acceptors (Lipinski definition) is 9. The van der Waals surface area contributed by atoms with Crippen LogP contribution in [0.4, 0.5) is 5.69 Å². The van der Waals surface area contributed by atoms with Gasteiger partial charge in [-0.25, -0.2) is 0 Å². The van der Waals surface area contributed by atoms with Gasteiger partial charge in [-0.05, 0) is 47.9 Å². The number of benzene rings is 2. The van der Waals surface area contributed by atoms with E-state index in [1.54, 1.807) is 0 Å². The van der Waals surface area contributed by atoms with Crippen LogP contribution in [0.1, 0.15) is 23.1 Å². The molecule has 7 N–H and O–H groups in total. The van der Waals surface area contributed by atoms with Crippen LogP contribution in [0.15, 0.2) is 42.5 Å². The molecule has 4 rings (SSSR count). The van der Waals surface area contributed by atoms with Crippen LogP contribution < -0.4 is 21.7 Å². The molecule has 1 aliphatic heterocycles. The summed E-state index contributed by atoms with van der Waals surface area (Å²) < 4.78 is 5.19. The molecular formula is C27H31N5O9. The van der Waals surface area contributed by atoms with E-state index < -0.39 is 64.3 Å². The number of carbonyl (C=O) groups excluding carboxylic acids is 4. The Morgan fingerprint density at radius 3 is 2.32 bits per heavy atom. The third-order valence-electron chi connectivity index (χ3n) is 7.11. The Kier molecular flexibility index (Phi) is 9.14. The van der Waals surface area contributed by atoms with Gasteiger partial charge in [0.2, 0.25) is 11.8 Å². The van der Waals surface area contributed by atoms with E-state index >= 15 is 0 Å². The van der Waals surface area contributed by atoms with Crippen molar-refractivity contribution in [3.8, 4) is 5.75 Å². The zero-order chi connectivity index (χ0) is 29.7. The Balaban J connectivity index is 1.50. The standard InChI is InChI=1S/C27H31N5O9/c28-24(35)21(17-12-15-4-1-2-5-16(15)13-17)31-25(36)18(10-14-6-7-20(34)19(11-14)32(39)40)30-27(38)23-22(41-23)26(37)29-8-3-9-33/h1-2,4-7,11,17-18,21-23,33-34H,3,8-10,12-13H2,(H2,28,35)(H,29,37)(H,30,38)(H,31,36)/t18-,21-,22+,23?/m1/s1. The summed E-state index contributed by atoms with van der Waals surface area (Å²) in [5.41, 5.74) is 7.39. The highest BCUT2D eigenvalue weighted by molar-refractivity contribution is 5.97. The van der Waals surface area contributed by atoms with Gasteiger partial charge in [-0.2, -0.15) is 0 Å². The van der Waals surface area contributed by atoms with Crippen LogP contribution in [0, 0.1) is 16.0 Å². The first kappa shape index (κ1) is 29.4. The van der Waals surface area contributed by atoms with Crippen molar-refractivity contribution in [2.75, 3.05) is 13.2 Å². The fourth-order valence-electron chi connectivity index (χ4n) is 4.95. The van der Waals surface area contributed by atoms with E-state index in [1.807, 2.05) is 24.3 Å². The fourth-order valence-corrected chi connectivity index (χ4v) is 4.95. The lowest BCUT2D eigenvalue weighted by Gasteiger charge is -2.25.